The molecule has 2 heterocycles. The average molecular weight is 305 g/mol. The SMILES string of the molecule is NC[C@@H]1CCN(C(=O)c2cn[nH]c2-c2ccccc2Cl)C1. The Morgan fingerprint density at radius 3 is 3.00 bits per heavy atom. The molecular weight excluding hydrogens is 288 g/mol. The van der Waals surface area contributed by atoms with E-state index in [4.69, 9.17) is 17.3 Å². The number of nitrogens with zero attached hydrogens (tertiary/aromatic N) is 2. The Bertz CT molecular complexity index is 655. The molecule has 1 atom stereocenters. The normalized spacial score (nSPS) is 18.2. The zero-order valence-electron chi connectivity index (χ0n) is 11.6. The molecule has 0 aliphatic carbocycles. The first-order chi connectivity index (χ1) is 10.2. The van der Waals surface area contributed by atoms with Gasteiger partial charge < -0.3 is 10.6 Å². The molecule has 1 aliphatic heterocycles. The van der Waals surface area contributed by atoms with Crippen molar-refractivity contribution in [1.29, 1.82) is 0 Å². The van der Waals surface area contributed by atoms with Crippen LogP contribution in [0.5, 0.6) is 0 Å². The molecule has 0 saturated carbocycles. The van der Waals surface area contributed by atoms with Crippen molar-refractivity contribution in [2.24, 2.45) is 11.7 Å². The summed E-state index contributed by atoms with van der Waals surface area (Å²) in [6, 6.07) is 7.41. The van der Waals surface area contributed by atoms with Gasteiger partial charge in [-0.3, -0.25) is 9.89 Å². The number of amides is 1. The summed E-state index contributed by atoms with van der Waals surface area (Å²) in [5.74, 6) is 0.374. The molecular formula is C15H17ClN4O. The van der Waals surface area contributed by atoms with E-state index in [1.165, 1.54) is 0 Å². The maximum atomic E-state index is 12.7. The number of rotatable bonds is 3. The summed E-state index contributed by atoms with van der Waals surface area (Å²) >= 11 is 6.21. The molecule has 2 aromatic rings. The molecule has 6 heteroatoms. The first-order valence-corrected chi connectivity index (χ1v) is 7.36. The molecule has 1 aliphatic rings. The van der Waals surface area contributed by atoms with Crippen molar-refractivity contribution in [3.63, 3.8) is 0 Å². The zero-order chi connectivity index (χ0) is 14.8. The van der Waals surface area contributed by atoms with E-state index in [1.54, 1.807) is 12.3 Å². The number of aromatic amines is 1. The second kappa shape index (κ2) is 5.87. The van der Waals surface area contributed by atoms with Crippen LogP contribution in [0.4, 0.5) is 0 Å². The minimum Gasteiger partial charge on any atom is -0.338 e. The maximum Gasteiger partial charge on any atom is 0.257 e. The van der Waals surface area contributed by atoms with Crippen molar-refractivity contribution in [2.45, 2.75) is 6.42 Å². The molecule has 0 radical (unpaired) electrons. The largest absolute Gasteiger partial charge is 0.338 e. The average Bonchev–Trinajstić information content (AvgIpc) is 3.16. The third-order valence-corrected chi connectivity index (χ3v) is 4.25. The minimum atomic E-state index is -0.0189. The number of hydrogen-bond acceptors (Lipinski definition) is 3. The summed E-state index contributed by atoms with van der Waals surface area (Å²) in [7, 11) is 0. The topological polar surface area (TPSA) is 75.0 Å². The van der Waals surface area contributed by atoms with Gasteiger partial charge in [-0.05, 0) is 24.9 Å². The highest BCUT2D eigenvalue weighted by Gasteiger charge is 2.28. The molecule has 0 bridgehead atoms. The third kappa shape index (κ3) is 2.66. The first-order valence-electron chi connectivity index (χ1n) is 6.98. The number of carbonyl (C=O) groups excluding carboxylic acids is 1. The van der Waals surface area contributed by atoms with E-state index in [2.05, 4.69) is 10.2 Å². The molecule has 1 fully saturated rings. The van der Waals surface area contributed by atoms with Crippen LogP contribution in [-0.4, -0.2) is 40.6 Å². The summed E-state index contributed by atoms with van der Waals surface area (Å²) in [6.07, 6.45) is 2.53. The van der Waals surface area contributed by atoms with Gasteiger partial charge >= 0.3 is 0 Å². The standard InChI is InChI=1S/C15H17ClN4O/c16-13-4-2-1-3-11(13)14-12(8-18-19-14)15(21)20-6-5-10(7-17)9-20/h1-4,8,10H,5-7,9,17H2,(H,18,19)/t10-/m0/s1. The third-order valence-electron chi connectivity index (χ3n) is 3.92. The number of hydrogen-bond donors (Lipinski definition) is 2. The number of nitrogens with two attached hydrogens (primary N) is 1. The maximum absolute atomic E-state index is 12.7. The number of halogens is 1. The number of benzene rings is 1. The lowest BCUT2D eigenvalue weighted by Gasteiger charge is -2.16. The fourth-order valence-electron chi connectivity index (χ4n) is 2.70. The van der Waals surface area contributed by atoms with Crippen LogP contribution >= 0.6 is 11.6 Å². The first kappa shape index (κ1) is 14.1. The second-order valence-corrected chi connectivity index (χ2v) is 5.69. The lowest BCUT2D eigenvalue weighted by molar-refractivity contribution is 0.0788. The predicted molar refractivity (Wildman–Crippen MR) is 82.1 cm³/mol. The highest BCUT2D eigenvalue weighted by Crippen LogP contribution is 2.30. The van der Waals surface area contributed by atoms with Gasteiger partial charge in [-0.1, -0.05) is 29.8 Å². The highest BCUT2D eigenvalue weighted by molar-refractivity contribution is 6.33. The summed E-state index contributed by atoms with van der Waals surface area (Å²) in [5.41, 5.74) is 7.69. The van der Waals surface area contributed by atoms with Crippen molar-refractivity contribution in [1.82, 2.24) is 15.1 Å². The van der Waals surface area contributed by atoms with Gasteiger partial charge in [-0.25, -0.2) is 0 Å². The fourth-order valence-corrected chi connectivity index (χ4v) is 2.93. The van der Waals surface area contributed by atoms with Gasteiger partial charge in [0, 0.05) is 23.7 Å². The molecule has 0 unspecified atom stereocenters. The molecule has 3 N–H and O–H groups in total. The van der Waals surface area contributed by atoms with Crippen LogP contribution in [0.3, 0.4) is 0 Å². The monoisotopic (exact) mass is 304 g/mol. The summed E-state index contributed by atoms with van der Waals surface area (Å²) in [5, 5.41) is 7.50. The summed E-state index contributed by atoms with van der Waals surface area (Å²) < 4.78 is 0. The molecule has 1 amide bonds. The molecule has 110 valence electrons. The van der Waals surface area contributed by atoms with Gasteiger partial charge in [-0.2, -0.15) is 5.10 Å². The Labute approximate surface area is 128 Å². The van der Waals surface area contributed by atoms with Crippen molar-refractivity contribution in [3.8, 4) is 11.3 Å². The predicted octanol–water partition coefficient (Wildman–Crippen LogP) is 2.15. The Balaban J connectivity index is 1.89. The number of aromatic nitrogens is 2. The van der Waals surface area contributed by atoms with Crippen LogP contribution in [0.2, 0.25) is 5.02 Å². The van der Waals surface area contributed by atoms with E-state index >= 15 is 0 Å². The van der Waals surface area contributed by atoms with Crippen LogP contribution in [0, 0.1) is 5.92 Å². The Morgan fingerprint density at radius 1 is 1.48 bits per heavy atom. The van der Waals surface area contributed by atoms with Crippen molar-refractivity contribution in [2.75, 3.05) is 19.6 Å². The van der Waals surface area contributed by atoms with Gasteiger partial charge in [0.25, 0.3) is 5.91 Å². The molecule has 1 aromatic carbocycles. The molecule has 21 heavy (non-hydrogen) atoms. The molecule has 1 saturated heterocycles. The van der Waals surface area contributed by atoms with Crippen LogP contribution < -0.4 is 5.73 Å². The van der Waals surface area contributed by atoms with Crippen molar-refractivity contribution in [3.05, 3.63) is 41.0 Å². The quantitative estimate of drug-likeness (QED) is 0.912. The zero-order valence-corrected chi connectivity index (χ0v) is 12.3. The second-order valence-electron chi connectivity index (χ2n) is 5.28. The summed E-state index contributed by atoms with van der Waals surface area (Å²) in [4.78, 5) is 14.5. The number of carbonyl (C=O) groups is 1. The smallest absolute Gasteiger partial charge is 0.257 e. The van der Waals surface area contributed by atoms with E-state index in [-0.39, 0.29) is 5.91 Å². The van der Waals surface area contributed by atoms with Crippen LogP contribution in [0.25, 0.3) is 11.3 Å². The fraction of sp³-hybridized carbons (Fsp3) is 0.333. The van der Waals surface area contributed by atoms with E-state index in [0.29, 0.717) is 35.3 Å². The highest BCUT2D eigenvalue weighted by atomic mass is 35.5. The summed E-state index contributed by atoms with van der Waals surface area (Å²) in [6.45, 7) is 2.07. The van der Waals surface area contributed by atoms with Gasteiger partial charge in [0.05, 0.1) is 17.5 Å². The van der Waals surface area contributed by atoms with E-state index in [0.717, 1.165) is 18.5 Å². The Morgan fingerprint density at radius 2 is 2.29 bits per heavy atom. The Hall–Kier alpha value is -1.85. The van der Waals surface area contributed by atoms with Crippen molar-refractivity contribution < 1.29 is 4.79 Å². The molecule has 0 spiro atoms. The Kier molecular flexibility index (Phi) is 3.94. The minimum absolute atomic E-state index is 0.0189. The van der Waals surface area contributed by atoms with Gasteiger partial charge in [0.1, 0.15) is 0 Å². The van der Waals surface area contributed by atoms with Crippen LogP contribution in [-0.2, 0) is 0 Å². The number of H-pyrrole nitrogens is 1. The lowest BCUT2D eigenvalue weighted by Crippen LogP contribution is -2.30. The van der Waals surface area contributed by atoms with E-state index in [1.807, 2.05) is 23.1 Å². The van der Waals surface area contributed by atoms with Gasteiger partial charge in [0.15, 0.2) is 0 Å². The number of nitrogens with one attached hydrogen (secondary N) is 1. The molecule has 1 aromatic heterocycles. The van der Waals surface area contributed by atoms with E-state index < -0.39 is 0 Å². The van der Waals surface area contributed by atoms with Gasteiger partial charge in [0.2, 0.25) is 0 Å². The molecule has 5 nitrogen and oxygen atoms in total. The lowest BCUT2D eigenvalue weighted by atomic mass is 10.1. The van der Waals surface area contributed by atoms with Crippen LogP contribution in [0.1, 0.15) is 16.8 Å². The van der Waals surface area contributed by atoms with Gasteiger partial charge in [-0.15, -0.1) is 0 Å². The molecule has 3 rings (SSSR count). The van der Waals surface area contributed by atoms with Crippen LogP contribution in [0.15, 0.2) is 30.5 Å². The van der Waals surface area contributed by atoms with Crippen molar-refractivity contribution >= 4 is 17.5 Å². The van der Waals surface area contributed by atoms with E-state index in [9.17, 15) is 4.79 Å². The number of likely N-dealkylation sites (tertiary alicyclic amines) is 1.